The molecule has 0 saturated heterocycles. The summed E-state index contributed by atoms with van der Waals surface area (Å²) in [4.78, 5) is 11.6. The first kappa shape index (κ1) is 15.3. The molecule has 0 aromatic heterocycles. The van der Waals surface area contributed by atoms with E-state index in [2.05, 4.69) is 21.2 Å². The third-order valence-corrected chi connectivity index (χ3v) is 2.98. The summed E-state index contributed by atoms with van der Waals surface area (Å²) in [6, 6.07) is 5.34. The van der Waals surface area contributed by atoms with Crippen LogP contribution >= 0.6 is 27.5 Å². The van der Waals surface area contributed by atoms with Crippen molar-refractivity contribution in [1.82, 2.24) is 5.32 Å². The Bertz CT molecular complexity index is 443. The number of rotatable bonds is 2. The van der Waals surface area contributed by atoms with E-state index in [1.54, 1.807) is 6.07 Å². The van der Waals surface area contributed by atoms with Crippen LogP contribution in [0.3, 0.4) is 0 Å². The number of benzene rings is 1. The molecule has 1 aromatic rings. The zero-order valence-corrected chi connectivity index (χ0v) is 13.2. The summed E-state index contributed by atoms with van der Waals surface area (Å²) in [5, 5.41) is 3.36. The zero-order valence-electron chi connectivity index (χ0n) is 10.9. The van der Waals surface area contributed by atoms with Crippen molar-refractivity contribution in [2.45, 2.75) is 39.3 Å². The summed E-state index contributed by atoms with van der Waals surface area (Å²) < 4.78 is 6.09. The molecule has 0 aliphatic carbocycles. The highest BCUT2D eigenvalue weighted by atomic mass is 79.9. The summed E-state index contributed by atoms with van der Waals surface area (Å²) in [6.45, 7) is 7.33. The van der Waals surface area contributed by atoms with Gasteiger partial charge in [-0.2, -0.15) is 0 Å². The van der Waals surface area contributed by atoms with E-state index in [0.717, 1.165) is 10.0 Å². The highest BCUT2D eigenvalue weighted by Gasteiger charge is 2.19. The maximum Gasteiger partial charge on any atom is 0.408 e. The average molecular weight is 335 g/mol. The van der Waals surface area contributed by atoms with Gasteiger partial charge in [0.05, 0.1) is 6.04 Å². The summed E-state index contributed by atoms with van der Waals surface area (Å²) in [6.07, 6.45) is -0.450. The van der Waals surface area contributed by atoms with Gasteiger partial charge >= 0.3 is 6.09 Å². The minimum absolute atomic E-state index is 0.208. The molecular formula is C13H17BrClNO2. The minimum atomic E-state index is -0.507. The van der Waals surface area contributed by atoms with E-state index >= 15 is 0 Å². The lowest BCUT2D eigenvalue weighted by atomic mass is 10.1. The molecule has 1 aromatic carbocycles. The number of hydrogen-bond donors (Lipinski definition) is 1. The molecule has 0 aliphatic heterocycles. The van der Waals surface area contributed by atoms with E-state index in [1.807, 2.05) is 39.8 Å². The fourth-order valence-electron chi connectivity index (χ4n) is 1.41. The van der Waals surface area contributed by atoms with Crippen molar-refractivity contribution >= 4 is 33.6 Å². The van der Waals surface area contributed by atoms with Gasteiger partial charge in [0.1, 0.15) is 5.60 Å². The number of amides is 1. The van der Waals surface area contributed by atoms with Gasteiger partial charge in [-0.3, -0.25) is 0 Å². The van der Waals surface area contributed by atoms with E-state index in [4.69, 9.17) is 16.3 Å². The molecule has 0 saturated carbocycles. The van der Waals surface area contributed by atoms with Crippen LogP contribution in [0.15, 0.2) is 22.7 Å². The Hall–Kier alpha value is -0.740. The Balaban J connectivity index is 2.71. The highest BCUT2D eigenvalue weighted by molar-refractivity contribution is 9.10. The smallest absolute Gasteiger partial charge is 0.408 e. The number of hydrogen-bond acceptors (Lipinski definition) is 2. The van der Waals surface area contributed by atoms with Crippen molar-refractivity contribution in [3.63, 3.8) is 0 Å². The second-order valence-electron chi connectivity index (χ2n) is 5.03. The normalized spacial score (nSPS) is 13.0. The number of nitrogens with one attached hydrogen (secondary N) is 1. The fourth-order valence-corrected chi connectivity index (χ4v) is 2.25. The van der Waals surface area contributed by atoms with E-state index in [1.165, 1.54) is 0 Å². The predicted octanol–water partition coefficient (Wildman–Crippen LogP) is 4.69. The number of ether oxygens (including phenoxy) is 1. The standard InChI is InChI=1S/C13H17BrClNO2/c1-8(16-12(17)18-13(2,3)4)10-6-5-9(14)7-11(10)15/h5-8H,1-4H3,(H,16,17)/t8-/m0/s1. The SMILES string of the molecule is C[C@H](NC(=O)OC(C)(C)C)c1ccc(Br)cc1Cl. The maximum atomic E-state index is 11.6. The van der Waals surface area contributed by atoms with Crippen LogP contribution < -0.4 is 5.32 Å². The number of alkyl carbamates (subject to hydrolysis) is 1. The predicted molar refractivity (Wildman–Crippen MR) is 76.9 cm³/mol. The van der Waals surface area contributed by atoms with Crippen LogP contribution in [0.2, 0.25) is 5.02 Å². The third-order valence-electron chi connectivity index (χ3n) is 2.16. The molecule has 0 heterocycles. The van der Waals surface area contributed by atoms with Crippen molar-refractivity contribution in [2.75, 3.05) is 0 Å². The van der Waals surface area contributed by atoms with Crippen LogP contribution in [0.4, 0.5) is 4.79 Å². The lowest BCUT2D eigenvalue weighted by molar-refractivity contribution is 0.0508. The van der Waals surface area contributed by atoms with Crippen LogP contribution in [0.25, 0.3) is 0 Å². The highest BCUT2D eigenvalue weighted by Crippen LogP contribution is 2.26. The molecule has 0 radical (unpaired) electrons. The Morgan fingerprint density at radius 2 is 2.06 bits per heavy atom. The van der Waals surface area contributed by atoms with Crippen LogP contribution in [-0.2, 0) is 4.74 Å². The quantitative estimate of drug-likeness (QED) is 0.852. The molecule has 5 heteroatoms. The summed E-state index contributed by atoms with van der Waals surface area (Å²) in [5.41, 5.74) is 0.346. The topological polar surface area (TPSA) is 38.3 Å². The van der Waals surface area contributed by atoms with E-state index in [-0.39, 0.29) is 6.04 Å². The number of carbonyl (C=O) groups is 1. The monoisotopic (exact) mass is 333 g/mol. The van der Waals surface area contributed by atoms with Crippen molar-refractivity contribution in [3.8, 4) is 0 Å². The van der Waals surface area contributed by atoms with Gasteiger partial charge < -0.3 is 10.1 Å². The van der Waals surface area contributed by atoms with Gasteiger partial charge in [-0.15, -0.1) is 0 Å². The Labute approximate surface area is 121 Å². The lowest BCUT2D eigenvalue weighted by Crippen LogP contribution is -2.34. The maximum absolute atomic E-state index is 11.6. The molecule has 1 amide bonds. The molecule has 0 spiro atoms. The molecule has 0 bridgehead atoms. The number of halogens is 2. The molecule has 3 nitrogen and oxygen atoms in total. The molecule has 100 valence electrons. The first-order valence-electron chi connectivity index (χ1n) is 5.63. The van der Waals surface area contributed by atoms with Crippen LogP contribution in [0.1, 0.15) is 39.3 Å². The van der Waals surface area contributed by atoms with Crippen LogP contribution in [0, 0.1) is 0 Å². The van der Waals surface area contributed by atoms with Gasteiger partial charge in [0.2, 0.25) is 0 Å². The van der Waals surface area contributed by atoms with Crippen molar-refractivity contribution < 1.29 is 9.53 Å². The summed E-state index contributed by atoms with van der Waals surface area (Å²) in [7, 11) is 0. The average Bonchev–Trinajstić information content (AvgIpc) is 2.13. The second kappa shape index (κ2) is 5.93. The molecule has 1 N–H and O–H groups in total. The van der Waals surface area contributed by atoms with E-state index in [9.17, 15) is 4.79 Å². The Morgan fingerprint density at radius 1 is 1.44 bits per heavy atom. The molecule has 0 unspecified atom stereocenters. The van der Waals surface area contributed by atoms with Gasteiger partial charge in [-0.25, -0.2) is 4.79 Å². The first-order valence-corrected chi connectivity index (χ1v) is 6.80. The van der Waals surface area contributed by atoms with E-state index < -0.39 is 11.7 Å². The molecule has 0 fully saturated rings. The first-order chi connectivity index (χ1) is 8.19. The summed E-state index contributed by atoms with van der Waals surface area (Å²) in [5.74, 6) is 0. The fraction of sp³-hybridized carbons (Fsp3) is 0.462. The molecule has 1 atom stereocenters. The number of carbonyl (C=O) groups excluding carboxylic acids is 1. The Kier molecular flexibility index (Phi) is 5.05. The van der Waals surface area contributed by atoms with Crippen LogP contribution in [-0.4, -0.2) is 11.7 Å². The van der Waals surface area contributed by atoms with Gasteiger partial charge in [0, 0.05) is 9.50 Å². The molecule has 0 aliphatic rings. The summed E-state index contributed by atoms with van der Waals surface area (Å²) >= 11 is 9.46. The zero-order chi connectivity index (χ0) is 13.9. The van der Waals surface area contributed by atoms with E-state index in [0.29, 0.717) is 5.02 Å². The molecular weight excluding hydrogens is 318 g/mol. The van der Waals surface area contributed by atoms with Crippen molar-refractivity contribution in [1.29, 1.82) is 0 Å². The van der Waals surface area contributed by atoms with Crippen LogP contribution in [0.5, 0.6) is 0 Å². The third kappa shape index (κ3) is 4.86. The molecule has 18 heavy (non-hydrogen) atoms. The van der Waals surface area contributed by atoms with Gasteiger partial charge in [-0.1, -0.05) is 33.6 Å². The second-order valence-corrected chi connectivity index (χ2v) is 6.36. The van der Waals surface area contributed by atoms with Gasteiger partial charge in [0.25, 0.3) is 0 Å². The molecule has 1 rings (SSSR count). The largest absolute Gasteiger partial charge is 0.444 e. The van der Waals surface area contributed by atoms with Crippen molar-refractivity contribution in [2.24, 2.45) is 0 Å². The Morgan fingerprint density at radius 3 is 2.56 bits per heavy atom. The minimum Gasteiger partial charge on any atom is -0.444 e. The lowest BCUT2D eigenvalue weighted by Gasteiger charge is -2.22. The van der Waals surface area contributed by atoms with Crippen molar-refractivity contribution in [3.05, 3.63) is 33.3 Å². The van der Waals surface area contributed by atoms with Gasteiger partial charge in [0.15, 0.2) is 0 Å². The van der Waals surface area contributed by atoms with Gasteiger partial charge in [-0.05, 0) is 45.4 Å².